The van der Waals surface area contributed by atoms with Crippen molar-refractivity contribution in [3.8, 4) is 11.3 Å². The van der Waals surface area contributed by atoms with Gasteiger partial charge in [-0.15, -0.1) is 0 Å². The van der Waals surface area contributed by atoms with E-state index >= 15 is 0 Å². The minimum atomic E-state index is -3.61. The fourth-order valence-electron chi connectivity index (χ4n) is 2.75. The summed E-state index contributed by atoms with van der Waals surface area (Å²) in [6.45, 7) is 0. The second-order valence-corrected chi connectivity index (χ2v) is 7.60. The van der Waals surface area contributed by atoms with Crippen LogP contribution >= 0.6 is 0 Å². The zero-order valence-electron chi connectivity index (χ0n) is 14.4. The number of nitrogens with one attached hydrogen (secondary N) is 1. The summed E-state index contributed by atoms with van der Waals surface area (Å²) in [6.07, 6.45) is 5.40. The summed E-state index contributed by atoms with van der Waals surface area (Å²) in [4.78, 5) is 4.57. The third-order valence-corrected chi connectivity index (χ3v) is 5.04. The predicted molar refractivity (Wildman–Crippen MR) is 109 cm³/mol. The van der Waals surface area contributed by atoms with Crippen molar-refractivity contribution in [1.82, 2.24) is 9.38 Å². The van der Waals surface area contributed by atoms with Gasteiger partial charge in [-0.2, -0.15) is 0 Å². The van der Waals surface area contributed by atoms with E-state index in [4.69, 9.17) is 0 Å². The number of anilines is 1. The van der Waals surface area contributed by atoms with E-state index in [-0.39, 0.29) is 0 Å². The highest BCUT2D eigenvalue weighted by atomic mass is 32.2. The average Bonchev–Trinajstić information content (AvgIpc) is 3.12. The second-order valence-electron chi connectivity index (χ2n) is 6.03. The molecule has 0 saturated carbocycles. The van der Waals surface area contributed by atoms with Crippen molar-refractivity contribution in [2.24, 2.45) is 0 Å². The van der Waals surface area contributed by atoms with Crippen LogP contribution in [0, 0.1) is 0 Å². The van der Waals surface area contributed by atoms with Crippen LogP contribution in [0.5, 0.6) is 0 Å². The van der Waals surface area contributed by atoms with Gasteiger partial charge in [-0.25, -0.2) is 13.4 Å². The Morgan fingerprint density at radius 3 is 2.56 bits per heavy atom. The second kappa shape index (κ2) is 7.09. The van der Waals surface area contributed by atoms with Crippen molar-refractivity contribution in [2.75, 3.05) is 4.72 Å². The number of nitrogens with zero attached hydrogens (tertiary/aromatic N) is 2. The summed E-state index contributed by atoms with van der Waals surface area (Å²) < 4.78 is 29.2. The van der Waals surface area contributed by atoms with Crippen LogP contribution in [0.25, 0.3) is 23.0 Å². The molecule has 4 aromatic rings. The van der Waals surface area contributed by atoms with Crippen LogP contribution < -0.4 is 4.72 Å². The number of sulfonamides is 1. The molecule has 0 unspecified atom stereocenters. The summed E-state index contributed by atoms with van der Waals surface area (Å²) in [6, 6.07) is 22.3. The molecule has 6 heteroatoms. The summed E-state index contributed by atoms with van der Waals surface area (Å²) in [5.74, 6) is 0. The van der Waals surface area contributed by atoms with Gasteiger partial charge in [0.05, 0.1) is 11.1 Å². The molecule has 134 valence electrons. The smallest absolute Gasteiger partial charge is 0.255 e. The summed E-state index contributed by atoms with van der Waals surface area (Å²) in [5, 5.41) is 1.17. The van der Waals surface area contributed by atoms with E-state index < -0.39 is 10.0 Å². The van der Waals surface area contributed by atoms with Gasteiger partial charge < -0.3 is 4.40 Å². The number of fused-ring (bicyclic) bond motifs is 1. The molecule has 0 radical (unpaired) electrons. The largest absolute Gasteiger partial charge is 0.306 e. The first-order valence-electron chi connectivity index (χ1n) is 8.39. The van der Waals surface area contributed by atoms with Crippen LogP contribution in [-0.4, -0.2) is 17.8 Å². The standard InChI is InChI=1S/C21H17N3O2S/c25-27(26,14-12-17-7-2-1-3-8-17)23-19-10-6-9-18(15-19)20-16-24-13-5-4-11-21(24)22-20/h1-16,23H/b14-12+. The zero-order chi connectivity index (χ0) is 18.7. The van der Waals surface area contributed by atoms with Crippen molar-refractivity contribution in [3.05, 3.63) is 96.2 Å². The molecule has 0 aliphatic heterocycles. The molecule has 2 aromatic carbocycles. The van der Waals surface area contributed by atoms with E-state index in [2.05, 4.69) is 9.71 Å². The highest BCUT2D eigenvalue weighted by Gasteiger charge is 2.09. The Hall–Kier alpha value is -3.38. The Kier molecular flexibility index (Phi) is 4.48. The molecule has 1 N–H and O–H groups in total. The first-order chi connectivity index (χ1) is 13.1. The van der Waals surface area contributed by atoms with E-state index in [0.717, 1.165) is 22.5 Å². The maximum atomic E-state index is 12.3. The molecule has 0 fully saturated rings. The van der Waals surface area contributed by atoms with Crippen LogP contribution in [0.15, 0.2) is 90.6 Å². The van der Waals surface area contributed by atoms with Gasteiger partial charge in [0.15, 0.2) is 0 Å². The maximum absolute atomic E-state index is 12.3. The maximum Gasteiger partial charge on any atom is 0.255 e. The lowest BCUT2D eigenvalue weighted by Crippen LogP contribution is -2.08. The van der Waals surface area contributed by atoms with Crippen molar-refractivity contribution in [3.63, 3.8) is 0 Å². The third kappa shape index (κ3) is 4.07. The molecule has 0 bridgehead atoms. The Morgan fingerprint density at radius 1 is 0.926 bits per heavy atom. The highest BCUT2D eigenvalue weighted by molar-refractivity contribution is 7.95. The Labute approximate surface area is 157 Å². The molecule has 2 aromatic heterocycles. The number of imidazole rings is 1. The molecule has 5 nitrogen and oxygen atoms in total. The minimum Gasteiger partial charge on any atom is -0.306 e. The van der Waals surface area contributed by atoms with Gasteiger partial charge in [-0.1, -0.05) is 48.5 Å². The number of aromatic nitrogens is 2. The van der Waals surface area contributed by atoms with Crippen molar-refractivity contribution >= 4 is 27.4 Å². The van der Waals surface area contributed by atoms with E-state index in [0.29, 0.717) is 5.69 Å². The Morgan fingerprint density at radius 2 is 1.74 bits per heavy atom. The lowest BCUT2D eigenvalue weighted by Gasteiger charge is -2.06. The first kappa shape index (κ1) is 17.1. The minimum absolute atomic E-state index is 0.488. The number of benzene rings is 2. The average molecular weight is 375 g/mol. The number of hydrogen-bond donors (Lipinski definition) is 1. The van der Waals surface area contributed by atoms with Crippen molar-refractivity contribution in [1.29, 1.82) is 0 Å². The number of pyridine rings is 1. The van der Waals surface area contributed by atoms with E-state index in [1.807, 2.05) is 71.4 Å². The molecule has 27 heavy (non-hydrogen) atoms. The zero-order valence-corrected chi connectivity index (χ0v) is 15.2. The lowest BCUT2D eigenvalue weighted by molar-refractivity contribution is 0.609. The fourth-order valence-corrected chi connectivity index (χ4v) is 3.61. The van der Waals surface area contributed by atoms with Crippen LogP contribution in [0.1, 0.15) is 5.56 Å². The monoisotopic (exact) mass is 375 g/mol. The number of hydrogen-bond acceptors (Lipinski definition) is 3. The summed E-state index contributed by atoms with van der Waals surface area (Å²) in [5.41, 5.74) is 3.76. The van der Waals surface area contributed by atoms with Gasteiger partial charge in [0.25, 0.3) is 10.0 Å². The third-order valence-electron chi connectivity index (χ3n) is 4.02. The van der Waals surface area contributed by atoms with Gasteiger partial charge in [-0.3, -0.25) is 4.72 Å². The summed E-state index contributed by atoms with van der Waals surface area (Å²) >= 11 is 0. The van der Waals surface area contributed by atoms with Gasteiger partial charge >= 0.3 is 0 Å². The normalized spacial score (nSPS) is 11.9. The van der Waals surface area contributed by atoms with Crippen molar-refractivity contribution in [2.45, 2.75) is 0 Å². The van der Waals surface area contributed by atoms with Gasteiger partial charge in [0.2, 0.25) is 0 Å². The highest BCUT2D eigenvalue weighted by Crippen LogP contribution is 2.23. The molecular formula is C21H17N3O2S. The van der Waals surface area contributed by atoms with E-state index in [9.17, 15) is 8.42 Å². The lowest BCUT2D eigenvalue weighted by atomic mass is 10.1. The molecule has 2 heterocycles. The molecule has 0 amide bonds. The van der Waals surface area contributed by atoms with Crippen LogP contribution in [0.4, 0.5) is 5.69 Å². The van der Waals surface area contributed by atoms with Crippen molar-refractivity contribution < 1.29 is 8.42 Å². The van der Waals surface area contributed by atoms with Crippen LogP contribution in [0.2, 0.25) is 0 Å². The van der Waals surface area contributed by atoms with Crippen LogP contribution in [0.3, 0.4) is 0 Å². The molecule has 0 aliphatic rings. The quantitative estimate of drug-likeness (QED) is 0.562. The van der Waals surface area contributed by atoms with E-state index in [1.54, 1.807) is 24.3 Å². The predicted octanol–water partition coefficient (Wildman–Crippen LogP) is 4.41. The molecule has 0 spiro atoms. The van der Waals surface area contributed by atoms with Gasteiger partial charge in [-0.05, 0) is 35.9 Å². The first-order valence-corrected chi connectivity index (χ1v) is 9.94. The molecule has 4 rings (SSSR count). The molecule has 0 aliphatic carbocycles. The van der Waals surface area contributed by atoms with Crippen LogP contribution in [-0.2, 0) is 10.0 Å². The van der Waals surface area contributed by atoms with Gasteiger partial charge in [0.1, 0.15) is 5.65 Å². The summed E-state index contributed by atoms with van der Waals surface area (Å²) in [7, 11) is -3.61. The molecular weight excluding hydrogens is 358 g/mol. The Bertz CT molecular complexity index is 1180. The number of rotatable bonds is 5. The molecule has 0 saturated heterocycles. The fraction of sp³-hybridized carbons (Fsp3) is 0. The van der Waals surface area contributed by atoms with Gasteiger partial charge in [0, 0.05) is 23.6 Å². The van der Waals surface area contributed by atoms with E-state index in [1.165, 1.54) is 5.41 Å². The Balaban J connectivity index is 1.58. The topological polar surface area (TPSA) is 63.5 Å². The molecule has 0 atom stereocenters. The SMILES string of the molecule is O=S(=O)(/C=C/c1ccccc1)Nc1cccc(-c2cn3ccccc3n2)c1.